The number of rotatable bonds is 13. The van der Waals surface area contributed by atoms with Crippen molar-refractivity contribution < 1.29 is 14.2 Å². The van der Waals surface area contributed by atoms with E-state index in [1.54, 1.807) is 0 Å². The molecule has 0 N–H and O–H groups in total. The van der Waals surface area contributed by atoms with Crippen LogP contribution in [0.4, 0.5) is 0 Å². The summed E-state index contributed by atoms with van der Waals surface area (Å²) in [4.78, 5) is 5.27. The smallest absolute Gasteiger partial charge is 0.104 e. The molecular weight excluding hydrogens is 252 g/mol. The summed E-state index contributed by atoms with van der Waals surface area (Å²) in [5, 5.41) is 6.74. The van der Waals surface area contributed by atoms with Crippen LogP contribution in [-0.4, -0.2) is 52.2 Å². The predicted molar refractivity (Wildman–Crippen MR) is 69.7 cm³/mol. The van der Waals surface area contributed by atoms with Crippen molar-refractivity contribution in [2.24, 2.45) is 10.2 Å². The van der Waals surface area contributed by atoms with E-state index in [2.05, 4.69) is 20.1 Å². The average molecular weight is 272 g/mol. The Morgan fingerprint density at radius 1 is 0.947 bits per heavy atom. The summed E-state index contributed by atoms with van der Waals surface area (Å²) in [5.74, 6) is 0. The lowest BCUT2D eigenvalue weighted by Crippen LogP contribution is -2.27. The second kappa shape index (κ2) is 14.6. The van der Waals surface area contributed by atoms with E-state index in [-0.39, 0.29) is 19.2 Å². The second-order valence-corrected chi connectivity index (χ2v) is 3.55. The Bertz CT molecular complexity index is 302. The summed E-state index contributed by atoms with van der Waals surface area (Å²) in [6.45, 7) is 4.69. The standard InChI is InChI=1S/C10H20N6O3/c1-2-5-17-8-10(19-7-4-14-16-12)9-18-6-3-13-15-11/h10H,2-9H2,1H3. The van der Waals surface area contributed by atoms with E-state index in [1.807, 2.05) is 6.92 Å². The first-order valence-electron chi connectivity index (χ1n) is 6.14. The third kappa shape index (κ3) is 12.7. The number of ether oxygens (including phenoxy) is 3. The molecule has 0 aromatic carbocycles. The van der Waals surface area contributed by atoms with E-state index in [0.29, 0.717) is 33.0 Å². The van der Waals surface area contributed by atoms with Crippen LogP contribution < -0.4 is 0 Å². The Kier molecular flexibility index (Phi) is 13.4. The lowest BCUT2D eigenvalue weighted by atomic mass is 10.4. The molecule has 0 bridgehead atoms. The molecule has 0 aliphatic carbocycles. The van der Waals surface area contributed by atoms with E-state index in [9.17, 15) is 0 Å². The molecular formula is C10H20N6O3. The molecule has 0 aromatic rings. The summed E-state index contributed by atoms with van der Waals surface area (Å²) < 4.78 is 16.2. The molecule has 0 spiro atoms. The minimum atomic E-state index is -0.216. The summed E-state index contributed by atoms with van der Waals surface area (Å²) in [6.07, 6.45) is 0.718. The van der Waals surface area contributed by atoms with Crippen LogP contribution >= 0.6 is 0 Å². The van der Waals surface area contributed by atoms with Crippen LogP contribution in [0.5, 0.6) is 0 Å². The van der Waals surface area contributed by atoms with E-state index in [1.165, 1.54) is 0 Å². The first kappa shape index (κ1) is 17.5. The lowest BCUT2D eigenvalue weighted by Gasteiger charge is -2.17. The van der Waals surface area contributed by atoms with E-state index < -0.39 is 0 Å². The molecule has 19 heavy (non-hydrogen) atoms. The van der Waals surface area contributed by atoms with Crippen LogP contribution in [0.15, 0.2) is 10.2 Å². The van der Waals surface area contributed by atoms with Crippen LogP contribution in [0.3, 0.4) is 0 Å². The molecule has 0 radical (unpaired) electrons. The van der Waals surface area contributed by atoms with Crippen molar-refractivity contribution in [2.45, 2.75) is 19.4 Å². The summed E-state index contributed by atoms with van der Waals surface area (Å²) in [6, 6.07) is 0. The van der Waals surface area contributed by atoms with Crippen molar-refractivity contribution in [3.63, 3.8) is 0 Å². The SMILES string of the molecule is CCCOCC(COCCN=[N+]=[N-])OCCN=[N+]=[N-]. The van der Waals surface area contributed by atoms with Crippen molar-refractivity contribution in [1.82, 2.24) is 0 Å². The van der Waals surface area contributed by atoms with Gasteiger partial charge in [-0.15, -0.1) is 0 Å². The number of hydrogen-bond donors (Lipinski definition) is 0. The molecule has 0 heterocycles. The van der Waals surface area contributed by atoms with Crippen molar-refractivity contribution >= 4 is 0 Å². The minimum Gasteiger partial charge on any atom is -0.379 e. The Balaban J connectivity index is 3.80. The van der Waals surface area contributed by atoms with Crippen LogP contribution in [0, 0.1) is 0 Å². The summed E-state index contributed by atoms with van der Waals surface area (Å²) in [7, 11) is 0. The van der Waals surface area contributed by atoms with Gasteiger partial charge in [-0.2, -0.15) is 0 Å². The summed E-state index contributed by atoms with van der Waals surface area (Å²) in [5.41, 5.74) is 16.2. The maximum atomic E-state index is 8.14. The van der Waals surface area contributed by atoms with E-state index in [0.717, 1.165) is 6.42 Å². The molecule has 0 aliphatic heterocycles. The molecule has 9 nitrogen and oxygen atoms in total. The van der Waals surface area contributed by atoms with Crippen molar-refractivity contribution in [3.8, 4) is 0 Å². The molecule has 0 aromatic heterocycles. The van der Waals surface area contributed by atoms with Crippen molar-refractivity contribution in [1.29, 1.82) is 0 Å². The van der Waals surface area contributed by atoms with Gasteiger partial charge in [-0.3, -0.25) is 0 Å². The normalized spacial score (nSPS) is 11.4. The molecule has 108 valence electrons. The Morgan fingerprint density at radius 3 is 2.11 bits per heavy atom. The van der Waals surface area contributed by atoms with E-state index in [4.69, 9.17) is 25.3 Å². The van der Waals surface area contributed by atoms with Crippen LogP contribution in [0.25, 0.3) is 20.9 Å². The first-order valence-corrected chi connectivity index (χ1v) is 6.14. The topological polar surface area (TPSA) is 125 Å². The largest absolute Gasteiger partial charge is 0.379 e. The molecule has 0 saturated heterocycles. The number of hydrogen-bond acceptors (Lipinski definition) is 5. The molecule has 0 amide bonds. The van der Waals surface area contributed by atoms with Crippen molar-refractivity contribution in [2.75, 3.05) is 46.1 Å². The molecule has 0 aliphatic rings. The Morgan fingerprint density at radius 2 is 1.53 bits per heavy atom. The third-order valence-electron chi connectivity index (χ3n) is 1.96. The molecule has 0 fully saturated rings. The highest BCUT2D eigenvalue weighted by Gasteiger charge is 2.09. The fourth-order valence-electron chi connectivity index (χ4n) is 1.17. The predicted octanol–water partition coefficient (Wildman–Crippen LogP) is 2.44. The molecule has 1 atom stereocenters. The number of azide groups is 2. The van der Waals surface area contributed by atoms with Crippen LogP contribution in [0.1, 0.15) is 13.3 Å². The summed E-state index contributed by atoms with van der Waals surface area (Å²) >= 11 is 0. The van der Waals surface area contributed by atoms with Gasteiger partial charge in [0.1, 0.15) is 6.10 Å². The highest BCUT2D eigenvalue weighted by Crippen LogP contribution is 1.97. The minimum absolute atomic E-state index is 0.216. The van der Waals surface area contributed by atoms with E-state index >= 15 is 0 Å². The maximum absolute atomic E-state index is 8.14. The fourth-order valence-corrected chi connectivity index (χ4v) is 1.17. The van der Waals surface area contributed by atoms with Gasteiger partial charge in [0.25, 0.3) is 0 Å². The van der Waals surface area contributed by atoms with Gasteiger partial charge in [-0.05, 0) is 17.5 Å². The van der Waals surface area contributed by atoms with Gasteiger partial charge in [-0.25, -0.2) is 0 Å². The van der Waals surface area contributed by atoms with Gasteiger partial charge in [-0.1, -0.05) is 17.2 Å². The van der Waals surface area contributed by atoms with Crippen LogP contribution in [0.2, 0.25) is 0 Å². The van der Waals surface area contributed by atoms with Crippen molar-refractivity contribution in [3.05, 3.63) is 20.9 Å². The fraction of sp³-hybridized carbons (Fsp3) is 1.00. The maximum Gasteiger partial charge on any atom is 0.104 e. The quantitative estimate of drug-likeness (QED) is 0.221. The second-order valence-electron chi connectivity index (χ2n) is 3.55. The van der Waals surface area contributed by atoms with Gasteiger partial charge in [0, 0.05) is 29.5 Å². The van der Waals surface area contributed by atoms with Gasteiger partial charge in [0.15, 0.2) is 0 Å². The Hall–Kier alpha value is -1.50. The van der Waals surface area contributed by atoms with Gasteiger partial charge in [0.05, 0.1) is 26.4 Å². The Labute approximate surface area is 112 Å². The zero-order valence-corrected chi connectivity index (χ0v) is 11.1. The zero-order valence-electron chi connectivity index (χ0n) is 11.1. The molecule has 0 rings (SSSR count). The third-order valence-corrected chi connectivity index (χ3v) is 1.96. The molecule has 1 unspecified atom stereocenters. The zero-order chi connectivity index (χ0) is 14.2. The highest BCUT2D eigenvalue weighted by molar-refractivity contribution is 4.57. The molecule has 0 saturated carbocycles. The average Bonchev–Trinajstić information content (AvgIpc) is 2.42. The number of nitrogens with zero attached hydrogens (tertiary/aromatic N) is 6. The highest BCUT2D eigenvalue weighted by atomic mass is 16.6. The lowest BCUT2D eigenvalue weighted by molar-refractivity contribution is -0.0564. The molecule has 9 heteroatoms. The van der Waals surface area contributed by atoms with Gasteiger partial charge >= 0.3 is 0 Å². The monoisotopic (exact) mass is 272 g/mol. The van der Waals surface area contributed by atoms with Crippen LogP contribution in [-0.2, 0) is 14.2 Å². The van der Waals surface area contributed by atoms with Gasteiger partial charge < -0.3 is 14.2 Å². The first-order chi connectivity index (χ1) is 9.35. The van der Waals surface area contributed by atoms with Gasteiger partial charge in [0.2, 0.25) is 0 Å².